The normalized spacial score (nSPS) is 16.0. The van der Waals surface area contributed by atoms with Crippen molar-refractivity contribution < 1.29 is 9.53 Å². The number of benzene rings is 2. The minimum atomic E-state index is -0.106. The van der Waals surface area contributed by atoms with E-state index in [-0.39, 0.29) is 17.5 Å². The number of piperazine rings is 1. The van der Waals surface area contributed by atoms with Crippen molar-refractivity contribution in [2.24, 2.45) is 7.05 Å². The molecule has 2 aromatic heterocycles. The third-order valence-electron chi connectivity index (χ3n) is 6.95. The molecule has 188 valence electrons. The number of nitrogens with one attached hydrogen (secondary N) is 1. The summed E-state index contributed by atoms with van der Waals surface area (Å²) in [6, 6.07) is 17.6. The van der Waals surface area contributed by atoms with Crippen molar-refractivity contribution in [2.45, 2.75) is 13.0 Å². The van der Waals surface area contributed by atoms with Gasteiger partial charge in [0.25, 0.3) is 5.56 Å². The Bertz CT molecular complexity index is 1540. The molecule has 0 bridgehead atoms. The van der Waals surface area contributed by atoms with Gasteiger partial charge in [-0.2, -0.15) is 0 Å². The largest absolute Gasteiger partial charge is 0.492 e. The summed E-state index contributed by atoms with van der Waals surface area (Å²) in [6.45, 7) is 4.81. The van der Waals surface area contributed by atoms with E-state index in [1.807, 2.05) is 74.8 Å². The average Bonchev–Trinajstić information content (AvgIpc) is 3.41. The molecule has 1 N–H and O–H groups in total. The molecule has 2 aromatic carbocycles. The van der Waals surface area contributed by atoms with Crippen molar-refractivity contribution in [2.75, 3.05) is 33.3 Å². The van der Waals surface area contributed by atoms with E-state index in [2.05, 4.69) is 21.7 Å². The molecular formula is C30H30N4O3. The lowest BCUT2D eigenvalue weighted by atomic mass is 10.0. The first-order valence-corrected chi connectivity index (χ1v) is 12.4. The SMILES string of the molecule is CC1C(=O)N(C)CCN1CCOc1ccc(C#Cc2ccc(-c3cn(C)c(=O)c4[nH]ccc34)cc2)cc1. The van der Waals surface area contributed by atoms with Gasteiger partial charge in [0.1, 0.15) is 17.9 Å². The predicted molar refractivity (Wildman–Crippen MR) is 146 cm³/mol. The second-order valence-electron chi connectivity index (χ2n) is 9.40. The molecule has 1 aliphatic heterocycles. The minimum absolute atomic E-state index is 0.0382. The molecule has 1 unspecified atom stereocenters. The van der Waals surface area contributed by atoms with Gasteiger partial charge in [0, 0.05) is 68.2 Å². The zero-order valence-corrected chi connectivity index (χ0v) is 21.3. The van der Waals surface area contributed by atoms with Crippen molar-refractivity contribution in [3.05, 3.63) is 88.5 Å². The zero-order valence-electron chi connectivity index (χ0n) is 21.3. The number of pyridine rings is 1. The van der Waals surface area contributed by atoms with Gasteiger partial charge >= 0.3 is 0 Å². The van der Waals surface area contributed by atoms with Crippen molar-refractivity contribution in [3.63, 3.8) is 0 Å². The number of hydrogen-bond donors (Lipinski definition) is 1. The predicted octanol–water partition coefficient (Wildman–Crippen LogP) is 3.47. The van der Waals surface area contributed by atoms with E-state index in [1.54, 1.807) is 22.7 Å². The van der Waals surface area contributed by atoms with Crippen LogP contribution in [0.15, 0.2) is 71.8 Å². The van der Waals surface area contributed by atoms with Crippen LogP contribution in [0, 0.1) is 11.8 Å². The molecule has 0 saturated carbocycles. The smallest absolute Gasteiger partial charge is 0.274 e. The van der Waals surface area contributed by atoms with Crippen LogP contribution >= 0.6 is 0 Å². The molecule has 0 radical (unpaired) electrons. The topological polar surface area (TPSA) is 70.6 Å². The van der Waals surface area contributed by atoms with Crippen molar-refractivity contribution in [1.29, 1.82) is 0 Å². The highest BCUT2D eigenvalue weighted by molar-refractivity contribution is 5.94. The number of nitrogens with zero attached hydrogens (tertiary/aromatic N) is 3. The number of aryl methyl sites for hydroxylation is 1. The molecule has 3 heterocycles. The van der Waals surface area contributed by atoms with Gasteiger partial charge in [-0.25, -0.2) is 0 Å². The highest BCUT2D eigenvalue weighted by Gasteiger charge is 2.28. The van der Waals surface area contributed by atoms with E-state index in [0.717, 1.165) is 46.5 Å². The Morgan fingerprint density at radius 3 is 2.32 bits per heavy atom. The van der Waals surface area contributed by atoms with E-state index in [9.17, 15) is 9.59 Å². The van der Waals surface area contributed by atoms with Gasteiger partial charge in [0.05, 0.1) is 6.04 Å². The number of amides is 1. The first-order valence-electron chi connectivity index (χ1n) is 12.4. The molecule has 1 fully saturated rings. The highest BCUT2D eigenvalue weighted by atomic mass is 16.5. The van der Waals surface area contributed by atoms with Crippen LogP contribution in [-0.4, -0.2) is 64.6 Å². The third kappa shape index (κ3) is 5.16. The number of aromatic nitrogens is 2. The lowest BCUT2D eigenvalue weighted by Crippen LogP contribution is -2.55. The van der Waals surface area contributed by atoms with Gasteiger partial charge in [-0.1, -0.05) is 24.0 Å². The Hall–Kier alpha value is -4.28. The average molecular weight is 495 g/mol. The summed E-state index contributed by atoms with van der Waals surface area (Å²) in [6.07, 6.45) is 3.66. The summed E-state index contributed by atoms with van der Waals surface area (Å²) >= 11 is 0. The monoisotopic (exact) mass is 494 g/mol. The van der Waals surface area contributed by atoms with Gasteiger partial charge in [-0.05, 0) is 55.0 Å². The van der Waals surface area contributed by atoms with Crippen LogP contribution < -0.4 is 10.3 Å². The fourth-order valence-electron chi connectivity index (χ4n) is 4.65. The molecule has 1 saturated heterocycles. The maximum Gasteiger partial charge on any atom is 0.274 e. The second kappa shape index (κ2) is 10.4. The van der Waals surface area contributed by atoms with Crippen LogP contribution in [0.3, 0.4) is 0 Å². The van der Waals surface area contributed by atoms with E-state index in [0.29, 0.717) is 18.7 Å². The summed E-state index contributed by atoms with van der Waals surface area (Å²) in [5.41, 5.74) is 4.42. The summed E-state index contributed by atoms with van der Waals surface area (Å²) in [4.78, 5) is 31.4. The van der Waals surface area contributed by atoms with E-state index in [4.69, 9.17) is 4.74 Å². The number of carbonyl (C=O) groups is 1. The van der Waals surface area contributed by atoms with Crippen LogP contribution in [0.25, 0.3) is 22.0 Å². The van der Waals surface area contributed by atoms with Gasteiger partial charge in [-0.3, -0.25) is 14.5 Å². The molecular weight excluding hydrogens is 464 g/mol. The number of fused-ring (bicyclic) bond motifs is 1. The lowest BCUT2D eigenvalue weighted by Gasteiger charge is -2.37. The molecule has 1 amide bonds. The highest BCUT2D eigenvalue weighted by Crippen LogP contribution is 2.26. The van der Waals surface area contributed by atoms with Crippen LogP contribution in [0.1, 0.15) is 18.1 Å². The number of likely N-dealkylation sites (N-methyl/N-ethyl adjacent to an activating group) is 1. The number of ether oxygens (including phenoxy) is 1. The minimum Gasteiger partial charge on any atom is -0.492 e. The van der Waals surface area contributed by atoms with Crippen LogP contribution in [-0.2, 0) is 11.8 Å². The molecule has 0 spiro atoms. The maximum atomic E-state index is 12.3. The quantitative estimate of drug-likeness (QED) is 0.432. The third-order valence-corrected chi connectivity index (χ3v) is 6.95. The van der Waals surface area contributed by atoms with Crippen molar-refractivity contribution in [1.82, 2.24) is 19.4 Å². The summed E-state index contributed by atoms with van der Waals surface area (Å²) < 4.78 is 7.49. The van der Waals surface area contributed by atoms with Gasteiger partial charge < -0.3 is 19.2 Å². The Morgan fingerprint density at radius 2 is 1.62 bits per heavy atom. The van der Waals surface area contributed by atoms with E-state index >= 15 is 0 Å². The molecule has 5 rings (SSSR count). The zero-order chi connectivity index (χ0) is 25.9. The van der Waals surface area contributed by atoms with E-state index < -0.39 is 0 Å². The van der Waals surface area contributed by atoms with Gasteiger partial charge in [-0.15, -0.1) is 0 Å². The number of carbonyl (C=O) groups excluding carboxylic acids is 1. The summed E-state index contributed by atoms with van der Waals surface area (Å²) in [5, 5.41) is 0.913. The molecule has 1 atom stereocenters. The van der Waals surface area contributed by atoms with Gasteiger partial charge in [0.2, 0.25) is 5.91 Å². The molecule has 0 aliphatic carbocycles. The fraction of sp³-hybridized carbons (Fsp3) is 0.267. The molecule has 1 aliphatic rings. The number of hydrogen-bond acceptors (Lipinski definition) is 4. The lowest BCUT2D eigenvalue weighted by molar-refractivity contribution is -0.139. The van der Waals surface area contributed by atoms with Crippen LogP contribution in [0.2, 0.25) is 0 Å². The van der Waals surface area contributed by atoms with E-state index in [1.165, 1.54) is 0 Å². The second-order valence-corrected chi connectivity index (χ2v) is 9.40. The van der Waals surface area contributed by atoms with Gasteiger partial charge in [0.15, 0.2) is 0 Å². The molecule has 7 heteroatoms. The number of rotatable bonds is 5. The molecule has 7 nitrogen and oxygen atoms in total. The Kier molecular flexibility index (Phi) is 6.85. The first kappa shape index (κ1) is 24.4. The fourth-order valence-corrected chi connectivity index (χ4v) is 4.65. The van der Waals surface area contributed by atoms with Crippen LogP contribution in [0.5, 0.6) is 5.75 Å². The molecule has 4 aromatic rings. The number of H-pyrrole nitrogens is 1. The summed E-state index contributed by atoms with van der Waals surface area (Å²) in [5.74, 6) is 7.37. The van der Waals surface area contributed by atoms with Crippen LogP contribution in [0.4, 0.5) is 0 Å². The number of aromatic amines is 1. The maximum absolute atomic E-state index is 12.3. The first-order chi connectivity index (χ1) is 17.9. The van der Waals surface area contributed by atoms with Crippen molar-refractivity contribution >= 4 is 16.8 Å². The Labute approximate surface area is 216 Å². The van der Waals surface area contributed by atoms with Crippen molar-refractivity contribution in [3.8, 4) is 28.7 Å². The Balaban J connectivity index is 1.20. The molecule has 37 heavy (non-hydrogen) atoms. The summed E-state index contributed by atoms with van der Waals surface area (Å²) in [7, 11) is 3.61. The Morgan fingerprint density at radius 1 is 0.946 bits per heavy atom. The standard InChI is InChI=1S/C30H30N4O3/c1-21-29(35)32(2)16-17-34(21)18-19-37-25-12-8-23(9-13-25)5-4-22-6-10-24(11-7-22)27-20-33(3)30(36)28-26(27)14-15-31-28/h6-15,20-21,31H,16-19H2,1-3H3.